The maximum atomic E-state index is 12.0. The Morgan fingerprint density at radius 2 is 1.89 bits per heavy atom. The van der Waals surface area contributed by atoms with Crippen LogP contribution in [0.2, 0.25) is 0 Å². The van der Waals surface area contributed by atoms with Gasteiger partial charge in [-0.05, 0) is 36.8 Å². The molecule has 1 aliphatic rings. The number of rotatable bonds is 5. The van der Waals surface area contributed by atoms with Crippen molar-refractivity contribution in [2.24, 2.45) is 11.7 Å². The van der Waals surface area contributed by atoms with Gasteiger partial charge in [-0.1, -0.05) is 31.2 Å². The lowest BCUT2D eigenvalue weighted by atomic mass is 9.92. The van der Waals surface area contributed by atoms with E-state index in [1.54, 1.807) is 4.90 Å². The molecule has 1 saturated carbocycles. The van der Waals surface area contributed by atoms with Gasteiger partial charge in [0.15, 0.2) is 0 Å². The maximum Gasteiger partial charge on any atom is 0.225 e. The molecule has 2 rings (SSSR count). The standard InChI is InChI=1S/C16H24N2O/c1-12(15(19)18(2)3)10-13-6-4-5-7-14(13)11-16(17)8-9-16/h4-7,12H,8-11,17H2,1-3H3. The number of benzene rings is 1. The first-order valence-corrected chi connectivity index (χ1v) is 6.98. The van der Waals surface area contributed by atoms with E-state index in [0.29, 0.717) is 0 Å². The Hall–Kier alpha value is -1.35. The summed E-state index contributed by atoms with van der Waals surface area (Å²) in [5.41, 5.74) is 8.80. The monoisotopic (exact) mass is 260 g/mol. The van der Waals surface area contributed by atoms with Crippen LogP contribution in [0.4, 0.5) is 0 Å². The summed E-state index contributed by atoms with van der Waals surface area (Å²) >= 11 is 0. The predicted molar refractivity (Wildman–Crippen MR) is 77.9 cm³/mol. The van der Waals surface area contributed by atoms with Crippen LogP contribution in [0, 0.1) is 5.92 Å². The second kappa shape index (κ2) is 5.33. The molecule has 1 amide bonds. The summed E-state index contributed by atoms with van der Waals surface area (Å²) in [4.78, 5) is 13.6. The Kier molecular flexibility index (Phi) is 3.95. The van der Waals surface area contributed by atoms with Crippen molar-refractivity contribution < 1.29 is 4.79 Å². The first-order valence-electron chi connectivity index (χ1n) is 6.98. The van der Waals surface area contributed by atoms with Gasteiger partial charge in [0.25, 0.3) is 0 Å². The van der Waals surface area contributed by atoms with Crippen molar-refractivity contribution in [2.45, 2.75) is 38.1 Å². The highest BCUT2D eigenvalue weighted by molar-refractivity contribution is 5.78. The van der Waals surface area contributed by atoms with Gasteiger partial charge in [-0.25, -0.2) is 0 Å². The van der Waals surface area contributed by atoms with Gasteiger partial charge in [0.2, 0.25) is 5.91 Å². The highest BCUT2D eigenvalue weighted by atomic mass is 16.2. The van der Waals surface area contributed by atoms with E-state index >= 15 is 0 Å². The van der Waals surface area contributed by atoms with Crippen molar-refractivity contribution in [1.29, 1.82) is 0 Å². The number of amides is 1. The van der Waals surface area contributed by atoms with Crippen LogP contribution in [0.1, 0.15) is 30.9 Å². The molecule has 1 aliphatic carbocycles. The zero-order valence-electron chi connectivity index (χ0n) is 12.1. The summed E-state index contributed by atoms with van der Waals surface area (Å²) in [5, 5.41) is 0. The van der Waals surface area contributed by atoms with E-state index in [4.69, 9.17) is 5.73 Å². The predicted octanol–water partition coefficient (Wildman–Crippen LogP) is 1.99. The number of hydrogen-bond donors (Lipinski definition) is 1. The molecule has 0 saturated heterocycles. The maximum absolute atomic E-state index is 12.0. The van der Waals surface area contributed by atoms with Gasteiger partial charge in [0.05, 0.1) is 0 Å². The Morgan fingerprint density at radius 1 is 1.32 bits per heavy atom. The Bertz CT molecular complexity index is 464. The molecule has 19 heavy (non-hydrogen) atoms. The lowest BCUT2D eigenvalue weighted by molar-refractivity contribution is -0.132. The number of carbonyl (C=O) groups is 1. The van der Waals surface area contributed by atoms with Crippen LogP contribution in [0.15, 0.2) is 24.3 Å². The lowest BCUT2D eigenvalue weighted by Crippen LogP contribution is -2.30. The highest BCUT2D eigenvalue weighted by Gasteiger charge is 2.38. The number of nitrogens with two attached hydrogens (primary N) is 1. The SMILES string of the molecule is CC(Cc1ccccc1CC1(N)CC1)C(=O)N(C)C. The van der Waals surface area contributed by atoms with E-state index in [1.165, 1.54) is 11.1 Å². The molecule has 104 valence electrons. The molecule has 0 aromatic heterocycles. The van der Waals surface area contributed by atoms with E-state index in [2.05, 4.69) is 18.2 Å². The van der Waals surface area contributed by atoms with E-state index in [9.17, 15) is 4.79 Å². The van der Waals surface area contributed by atoms with Crippen molar-refractivity contribution in [1.82, 2.24) is 4.90 Å². The van der Waals surface area contributed by atoms with Crippen LogP contribution in [-0.2, 0) is 17.6 Å². The van der Waals surface area contributed by atoms with Crippen LogP contribution >= 0.6 is 0 Å². The molecule has 0 radical (unpaired) electrons. The van der Waals surface area contributed by atoms with E-state index in [-0.39, 0.29) is 17.4 Å². The summed E-state index contributed by atoms with van der Waals surface area (Å²) < 4.78 is 0. The van der Waals surface area contributed by atoms with Crippen molar-refractivity contribution in [3.05, 3.63) is 35.4 Å². The van der Waals surface area contributed by atoms with Gasteiger partial charge in [0.1, 0.15) is 0 Å². The average molecular weight is 260 g/mol. The molecular weight excluding hydrogens is 236 g/mol. The minimum absolute atomic E-state index is 0.0177. The summed E-state index contributed by atoms with van der Waals surface area (Å²) in [6, 6.07) is 8.38. The second-order valence-electron chi connectivity index (χ2n) is 6.15. The van der Waals surface area contributed by atoms with Crippen LogP contribution in [-0.4, -0.2) is 30.4 Å². The fraction of sp³-hybridized carbons (Fsp3) is 0.562. The van der Waals surface area contributed by atoms with Crippen LogP contribution in [0.5, 0.6) is 0 Å². The molecule has 1 aromatic rings. The number of nitrogens with zero attached hydrogens (tertiary/aromatic N) is 1. The molecule has 0 heterocycles. The molecule has 0 spiro atoms. The van der Waals surface area contributed by atoms with Crippen molar-refractivity contribution in [3.8, 4) is 0 Å². The van der Waals surface area contributed by atoms with Gasteiger partial charge < -0.3 is 10.6 Å². The molecule has 2 N–H and O–H groups in total. The van der Waals surface area contributed by atoms with Crippen LogP contribution in [0.25, 0.3) is 0 Å². The minimum atomic E-state index is 0.0177. The molecule has 1 unspecified atom stereocenters. The third kappa shape index (κ3) is 3.57. The first-order chi connectivity index (χ1) is 8.91. The first kappa shape index (κ1) is 14.1. The molecule has 0 aliphatic heterocycles. The van der Waals surface area contributed by atoms with Crippen molar-refractivity contribution in [3.63, 3.8) is 0 Å². The summed E-state index contributed by atoms with van der Waals surface area (Å²) in [7, 11) is 3.62. The summed E-state index contributed by atoms with van der Waals surface area (Å²) in [6.07, 6.45) is 3.97. The smallest absolute Gasteiger partial charge is 0.225 e. The third-order valence-electron chi connectivity index (χ3n) is 3.94. The van der Waals surface area contributed by atoms with Crippen LogP contribution in [0.3, 0.4) is 0 Å². The van der Waals surface area contributed by atoms with Crippen molar-refractivity contribution in [2.75, 3.05) is 14.1 Å². The molecule has 3 nitrogen and oxygen atoms in total. The number of carbonyl (C=O) groups excluding carboxylic acids is 1. The lowest BCUT2D eigenvalue weighted by Gasteiger charge is -2.19. The second-order valence-corrected chi connectivity index (χ2v) is 6.15. The van der Waals surface area contributed by atoms with Gasteiger partial charge in [-0.2, -0.15) is 0 Å². The molecular formula is C16H24N2O. The minimum Gasteiger partial charge on any atom is -0.349 e. The quantitative estimate of drug-likeness (QED) is 0.880. The van der Waals surface area contributed by atoms with Gasteiger partial charge in [-0.3, -0.25) is 4.79 Å². The Balaban J connectivity index is 2.09. The van der Waals surface area contributed by atoms with E-state index in [0.717, 1.165) is 25.7 Å². The molecule has 0 bridgehead atoms. The molecule has 1 atom stereocenters. The highest BCUT2D eigenvalue weighted by Crippen LogP contribution is 2.36. The van der Waals surface area contributed by atoms with Gasteiger partial charge >= 0.3 is 0 Å². The fourth-order valence-electron chi connectivity index (χ4n) is 2.50. The molecule has 3 heteroatoms. The van der Waals surface area contributed by atoms with Crippen molar-refractivity contribution >= 4 is 5.91 Å². The Morgan fingerprint density at radius 3 is 2.42 bits per heavy atom. The number of hydrogen-bond acceptors (Lipinski definition) is 2. The summed E-state index contributed by atoms with van der Waals surface area (Å²) in [5.74, 6) is 0.202. The molecule has 1 aromatic carbocycles. The average Bonchev–Trinajstić information content (AvgIpc) is 3.08. The van der Waals surface area contributed by atoms with E-state index in [1.807, 2.05) is 27.1 Å². The van der Waals surface area contributed by atoms with Crippen LogP contribution < -0.4 is 5.73 Å². The fourth-order valence-corrected chi connectivity index (χ4v) is 2.50. The van der Waals surface area contributed by atoms with E-state index < -0.39 is 0 Å². The third-order valence-corrected chi connectivity index (χ3v) is 3.94. The zero-order valence-corrected chi connectivity index (χ0v) is 12.1. The summed E-state index contributed by atoms with van der Waals surface area (Å²) in [6.45, 7) is 1.99. The van der Waals surface area contributed by atoms with Gasteiger partial charge in [0, 0.05) is 25.6 Å². The Labute approximate surface area is 115 Å². The van der Waals surface area contributed by atoms with Gasteiger partial charge in [-0.15, -0.1) is 0 Å². The molecule has 1 fully saturated rings. The zero-order chi connectivity index (χ0) is 14.0. The normalized spacial score (nSPS) is 17.9. The largest absolute Gasteiger partial charge is 0.349 e. The topological polar surface area (TPSA) is 46.3 Å².